The molecule has 2 aromatic rings. The van der Waals surface area contributed by atoms with E-state index in [2.05, 4.69) is 36.1 Å². The summed E-state index contributed by atoms with van der Waals surface area (Å²) in [5, 5.41) is 10.3. The van der Waals surface area contributed by atoms with Crippen molar-refractivity contribution in [3.05, 3.63) is 66.2 Å². The van der Waals surface area contributed by atoms with E-state index >= 15 is 0 Å². The fraction of sp³-hybridized carbons (Fsp3) is 0.400. The highest BCUT2D eigenvalue weighted by Gasteiger charge is 2.13. The van der Waals surface area contributed by atoms with Gasteiger partial charge < -0.3 is 9.84 Å². The van der Waals surface area contributed by atoms with Crippen molar-refractivity contribution in [3.8, 4) is 5.75 Å². The number of nitrogens with zero attached hydrogens (tertiary/aromatic N) is 1. The van der Waals surface area contributed by atoms with E-state index < -0.39 is 6.10 Å². The molecule has 0 saturated heterocycles. The topological polar surface area (TPSA) is 32.7 Å². The molecule has 1 N–H and O–H groups in total. The van der Waals surface area contributed by atoms with Gasteiger partial charge in [0.1, 0.15) is 18.5 Å². The average molecular weight is 313 g/mol. The van der Waals surface area contributed by atoms with Crippen molar-refractivity contribution in [1.29, 1.82) is 0 Å². The lowest BCUT2D eigenvalue weighted by atomic mass is 10.2. The first kappa shape index (κ1) is 17.5. The molecule has 0 bridgehead atoms. The first-order chi connectivity index (χ1) is 11.3. The fourth-order valence-corrected chi connectivity index (χ4v) is 2.52. The van der Waals surface area contributed by atoms with Gasteiger partial charge in [-0.3, -0.25) is 4.90 Å². The predicted octanol–water partition coefficient (Wildman–Crippen LogP) is 3.73. The maximum atomic E-state index is 10.3. The molecule has 0 fully saturated rings. The second kappa shape index (κ2) is 10.0. The van der Waals surface area contributed by atoms with Crippen molar-refractivity contribution < 1.29 is 9.84 Å². The van der Waals surface area contributed by atoms with Crippen molar-refractivity contribution in [2.75, 3.05) is 19.7 Å². The average Bonchev–Trinajstić information content (AvgIpc) is 2.60. The van der Waals surface area contributed by atoms with Crippen LogP contribution in [0.4, 0.5) is 0 Å². The van der Waals surface area contributed by atoms with Crippen LogP contribution in [0.3, 0.4) is 0 Å². The summed E-state index contributed by atoms with van der Waals surface area (Å²) in [5.74, 6) is 0.801. The van der Waals surface area contributed by atoms with Crippen LogP contribution in [0, 0.1) is 0 Å². The normalized spacial score (nSPS) is 12.3. The highest BCUT2D eigenvalue weighted by Crippen LogP contribution is 2.10. The van der Waals surface area contributed by atoms with E-state index in [4.69, 9.17) is 4.74 Å². The minimum Gasteiger partial charge on any atom is -0.491 e. The number of ether oxygens (including phenoxy) is 1. The minimum absolute atomic E-state index is 0.321. The third kappa shape index (κ3) is 6.85. The Labute approximate surface area is 139 Å². The summed E-state index contributed by atoms with van der Waals surface area (Å²) in [6.07, 6.45) is 1.80. The molecule has 0 radical (unpaired) electrons. The van der Waals surface area contributed by atoms with Crippen molar-refractivity contribution in [2.45, 2.75) is 32.4 Å². The first-order valence-corrected chi connectivity index (χ1v) is 8.40. The zero-order valence-corrected chi connectivity index (χ0v) is 13.9. The molecule has 23 heavy (non-hydrogen) atoms. The number of rotatable bonds is 10. The smallest absolute Gasteiger partial charge is 0.119 e. The molecule has 0 heterocycles. The van der Waals surface area contributed by atoms with Crippen molar-refractivity contribution in [3.63, 3.8) is 0 Å². The second-order valence-electron chi connectivity index (χ2n) is 5.85. The Balaban J connectivity index is 1.83. The van der Waals surface area contributed by atoms with E-state index in [-0.39, 0.29) is 0 Å². The summed E-state index contributed by atoms with van der Waals surface area (Å²) in [6.45, 7) is 5.00. The Bertz CT molecular complexity index is 530. The van der Waals surface area contributed by atoms with E-state index in [1.807, 2.05) is 36.4 Å². The lowest BCUT2D eigenvalue weighted by Gasteiger charge is -2.25. The Morgan fingerprint density at radius 3 is 2.30 bits per heavy atom. The van der Waals surface area contributed by atoms with Crippen LogP contribution in [-0.4, -0.2) is 35.8 Å². The molecule has 0 amide bonds. The van der Waals surface area contributed by atoms with E-state index in [0.717, 1.165) is 31.7 Å². The SMILES string of the molecule is CCCCN(Cc1ccccc1)C[C@H](O)COc1ccccc1. The van der Waals surface area contributed by atoms with Gasteiger partial charge in [0, 0.05) is 13.1 Å². The summed E-state index contributed by atoms with van der Waals surface area (Å²) in [7, 11) is 0. The molecular weight excluding hydrogens is 286 g/mol. The van der Waals surface area contributed by atoms with Crippen LogP contribution in [0.1, 0.15) is 25.3 Å². The van der Waals surface area contributed by atoms with Crippen LogP contribution >= 0.6 is 0 Å². The van der Waals surface area contributed by atoms with Crippen molar-refractivity contribution in [1.82, 2.24) is 4.90 Å². The third-order valence-electron chi connectivity index (χ3n) is 3.73. The van der Waals surface area contributed by atoms with Crippen LogP contribution in [0.5, 0.6) is 5.75 Å². The number of aliphatic hydroxyl groups is 1. The van der Waals surface area contributed by atoms with Crippen LogP contribution in [0.2, 0.25) is 0 Å². The lowest BCUT2D eigenvalue weighted by Crippen LogP contribution is -2.36. The standard InChI is InChI=1S/C20H27NO2/c1-2-3-14-21(15-18-10-6-4-7-11-18)16-19(22)17-23-20-12-8-5-9-13-20/h4-13,19,22H,2-3,14-17H2,1H3/t19-/m0/s1. The van der Waals surface area contributed by atoms with E-state index in [1.54, 1.807) is 0 Å². The third-order valence-corrected chi connectivity index (χ3v) is 3.73. The molecule has 0 saturated carbocycles. The van der Waals surface area contributed by atoms with E-state index in [1.165, 1.54) is 5.56 Å². The van der Waals surface area contributed by atoms with Crippen LogP contribution in [0.25, 0.3) is 0 Å². The molecule has 3 nitrogen and oxygen atoms in total. The Kier molecular flexibility index (Phi) is 7.64. The van der Waals surface area contributed by atoms with Gasteiger partial charge in [-0.15, -0.1) is 0 Å². The summed E-state index contributed by atoms with van der Waals surface area (Å²) >= 11 is 0. The Morgan fingerprint density at radius 2 is 1.65 bits per heavy atom. The highest BCUT2D eigenvalue weighted by atomic mass is 16.5. The molecule has 0 aliphatic carbocycles. The van der Waals surface area contributed by atoms with Gasteiger partial charge in [0.2, 0.25) is 0 Å². The highest BCUT2D eigenvalue weighted by molar-refractivity contribution is 5.20. The summed E-state index contributed by atoms with van der Waals surface area (Å²) in [5.41, 5.74) is 1.28. The molecule has 0 unspecified atom stereocenters. The molecule has 0 aliphatic rings. The molecule has 0 aliphatic heterocycles. The zero-order chi connectivity index (χ0) is 16.3. The molecule has 0 spiro atoms. The molecular formula is C20H27NO2. The van der Waals surface area contributed by atoms with Crippen molar-refractivity contribution in [2.24, 2.45) is 0 Å². The number of hydrogen-bond acceptors (Lipinski definition) is 3. The van der Waals surface area contributed by atoms with Crippen LogP contribution in [-0.2, 0) is 6.54 Å². The summed E-state index contributed by atoms with van der Waals surface area (Å²) in [6, 6.07) is 20.0. The van der Waals surface area contributed by atoms with Crippen molar-refractivity contribution >= 4 is 0 Å². The number of para-hydroxylation sites is 1. The Hall–Kier alpha value is -1.84. The van der Waals surface area contributed by atoms with Crippen LogP contribution < -0.4 is 4.74 Å². The van der Waals surface area contributed by atoms with Gasteiger partial charge in [-0.05, 0) is 30.7 Å². The largest absolute Gasteiger partial charge is 0.491 e. The summed E-state index contributed by atoms with van der Waals surface area (Å²) < 4.78 is 5.65. The number of aliphatic hydroxyl groups excluding tert-OH is 1. The molecule has 2 aromatic carbocycles. The second-order valence-corrected chi connectivity index (χ2v) is 5.85. The van der Waals surface area contributed by atoms with Crippen LogP contribution in [0.15, 0.2) is 60.7 Å². The summed E-state index contributed by atoms with van der Waals surface area (Å²) in [4.78, 5) is 2.30. The van der Waals surface area contributed by atoms with Gasteiger partial charge in [0.25, 0.3) is 0 Å². The van der Waals surface area contributed by atoms with Gasteiger partial charge in [0.05, 0.1) is 0 Å². The maximum absolute atomic E-state index is 10.3. The monoisotopic (exact) mass is 313 g/mol. The van der Waals surface area contributed by atoms with Gasteiger partial charge in [-0.1, -0.05) is 61.9 Å². The molecule has 124 valence electrons. The zero-order valence-electron chi connectivity index (χ0n) is 13.9. The van der Waals surface area contributed by atoms with Gasteiger partial charge in [0.15, 0.2) is 0 Å². The van der Waals surface area contributed by atoms with E-state index in [9.17, 15) is 5.11 Å². The van der Waals surface area contributed by atoms with Gasteiger partial charge >= 0.3 is 0 Å². The number of hydrogen-bond donors (Lipinski definition) is 1. The molecule has 3 heteroatoms. The lowest BCUT2D eigenvalue weighted by molar-refractivity contribution is 0.0651. The van der Waals surface area contributed by atoms with Gasteiger partial charge in [-0.25, -0.2) is 0 Å². The fourth-order valence-electron chi connectivity index (χ4n) is 2.52. The molecule has 2 rings (SSSR count). The Morgan fingerprint density at radius 1 is 1.00 bits per heavy atom. The van der Waals surface area contributed by atoms with E-state index in [0.29, 0.717) is 13.2 Å². The van der Waals surface area contributed by atoms with Gasteiger partial charge in [-0.2, -0.15) is 0 Å². The number of unbranched alkanes of at least 4 members (excludes halogenated alkanes) is 1. The molecule has 1 atom stereocenters. The quantitative estimate of drug-likeness (QED) is 0.725. The first-order valence-electron chi connectivity index (χ1n) is 8.40. The maximum Gasteiger partial charge on any atom is 0.119 e. The number of benzene rings is 2. The molecule has 0 aromatic heterocycles. The minimum atomic E-state index is -0.490. The predicted molar refractivity (Wildman–Crippen MR) is 94.6 cm³/mol.